The molecule has 70 valence electrons. The zero-order valence-corrected chi connectivity index (χ0v) is 8.25. The predicted molar refractivity (Wildman–Crippen MR) is 55.6 cm³/mol. The molecule has 2 rings (SSSR count). The molecule has 4 heteroatoms. The second kappa shape index (κ2) is 3.42. The van der Waals surface area contributed by atoms with Crippen molar-refractivity contribution < 1.29 is 0 Å². The minimum absolute atomic E-state index is 0.321. The molecule has 1 aliphatic heterocycles. The summed E-state index contributed by atoms with van der Waals surface area (Å²) in [4.78, 5) is 4.06. The molecule has 0 saturated carbocycles. The summed E-state index contributed by atoms with van der Waals surface area (Å²) < 4.78 is 2.16. The van der Waals surface area contributed by atoms with E-state index in [9.17, 15) is 0 Å². The molecule has 0 saturated heterocycles. The topological polar surface area (TPSA) is 29.3 Å². The molecule has 0 aromatic carbocycles. The molecular formula is C9H12ClN3. The number of aryl methyl sites for hydroxylation is 1. The van der Waals surface area contributed by atoms with Crippen molar-refractivity contribution in [2.45, 2.75) is 25.5 Å². The normalized spacial score (nSPS) is 19.7. The fourth-order valence-corrected chi connectivity index (χ4v) is 1.64. The fourth-order valence-electron chi connectivity index (χ4n) is 1.48. The van der Waals surface area contributed by atoms with E-state index in [-0.39, 0.29) is 5.62 Å². The van der Waals surface area contributed by atoms with Crippen LogP contribution in [0.2, 0.25) is 0 Å². The van der Waals surface area contributed by atoms with Gasteiger partial charge in [0.05, 0.1) is 0 Å². The van der Waals surface area contributed by atoms with Crippen molar-refractivity contribution in [3.8, 4) is 0 Å². The SMILES string of the molecule is CCCn1ccc2c1NC(Cl)N=C2. The number of hydrogen-bond donors (Lipinski definition) is 1. The number of aliphatic imine (C=N–C) groups is 1. The van der Waals surface area contributed by atoms with Crippen LogP contribution in [-0.2, 0) is 6.54 Å². The molecule has 2 heterocycles. The van der Waals surface area contributed by atoms with Gasteiger partial charge in [0, 0.05) is 24.5 Å². The molecule has 3 nitrogen and oxygen atoms in total. The number of rotatable bonds is 2. The van der Waals surface area contributed by atoms with Gasteiger partial charge in [-0.15, -0.1) is 0 Å². The number of aromatic nitrogens is 1. The third-order valence-corrected chi connectivity index (χ3v) is 2.28. The molecule has 1 aromatic rings. The molecule has 13 heavy (non-hydrogen) atoms. The number of anilines is 1. The van der Waals surface area contributed by atoms with E-state index < -0.39 is 0 Å². The number of hydrogen-bond acceptors (Lipinski definition) is 2. The van der Waals surface area contributed by atoms with Crippen LogP contribution < -0.4 is 5.32 Å². The van der Waals surface area contributed by atoms with E-state index in [2.05, 4.69) is 28.0 Å². The van der Waals surface area contributed by atoms with Crippen molar-refractivity contribution in [1.82, 2.24) is 4.57 Å². The molecule has 0 spiro atoms. The monoisotopic (exact) mass is 197 g/mol. The molecule has 0 aliphatic carbocycles. The maximum atomic E-state index is 5.85. The van der Waals surface area contributed by atoms with Crippen LogP contribution in [0.5, 0.6) is 0 Å². The molecular weight excluding hydrogens is 186 g/mol. The van der Waals surface area contributed by atoms with Crippen LogP contribution in [0.1, 0.15) is 18.9 Å². The Morgan fingerprint density at radius 1 is 1.69 bits per heavy atom. The number of halogens is 1. The summed E-state index contributed by atoms with van der Waals surface area (Å²) in [6.07, 6.45) is 4.99. The summed E-state index contributed by atoms with van der Waals surface area (Å²) in [7, 11) is 0. The Kier molecular flexibility index (Phi) is 2.27. The van der Waals surface area contributed by atoms with Gasteiger partial charge in [0.1, 0.15) is 5.82 Å². The van der Waals surface area contributed by atoms with Crippen LogP contribution in [0, 0.1) is 0 Å². The fraction of sp³-hybridized carbons (Fsp3) is 0.444. The lowest BCUT2D eigenvalue weighted by molar-refractivity contribution is 0.684. The van der Waals surface area contributed by atoms with Crippen molar-refractivity contribution in [2.75, 3.05) is 5.32 Å². The van der Waals surface area contributed by atoms with E-state index in [4.69, 9.17) is 11.6 Å². The van der Waals surface area contributed by atoms with Gasteiger partial charge < -0.3 is 9.88 Å². The lowest BCUT2D eigenvalue weighted by atomic mass is 10.3. The minimum Gasteiger partial charge on any atom is -0.337 e. The lowest BCUT2D eigenvalue weighted by Crippen LogP contribution is -2.18. The quantitative estimate of drug-likeness (QED) is 0.572. The minimum atomic E-state index is -0.321. The van der Waals surface area contributed by atoms with Gasteiger partial charge in [-0.05, 0) is 12.5 Å². The largest absolute Gasteiger partial charge is 0.337 e. The number of alkyl halides is 1. The van der Waals surface area contributed by atoms with Gasteiger partial charge in [-0.1, -0.05) is 18.5 Å². The van der Waals surface area contributed by atoms with E-state index in [0.29, 0.717) is 0 Å². The molecule has 1 N–H and O–H groups in total. The highest BCUT2D eigenvalue weighted by molar-refractivity contribution is 6.22. The van der Waals surface area contributed by atoms with Crippen LogP contribution in [-0.4, -0.2) is 16.4 Å². The Bertz CT molecular complexity index is 330. The lowest BCUT2D eigenvalue weighted by Gasteiger charge is -2.16. The Morgan fingerprint density at radius 3 is 3.31 bits per heavy atom. The highest BCUT2D eigenvalue weighted by atomic mass is 35.5. The highest BCUT2D eigenvalue weighted by Crippen LogP contribution is 2.22. The maximum absolute atomic E-state index is 5.85. The molecule has 0 fully saturated rings. The standard InChI is InChI=1S/C9H12ClN3/c1-2-4-13-5-3-7-6-11-9(10)12-8(7)13/h3,5-6,9,12H,2,4H2,1H3. The number of fused-ring (bicyclic) bond motifs is 1. The van der Waals surface area contributed by atoms with E-state index in [1.807, 2.05) is 12.3 Å². The summed E-state index contributed by atoms with van der Waals surface area (Å²) in [6.45, 7) is 3.17. The summed E-state index contributed by atoms with van der Waals surface area (Å²) in [6, 6.07) is 2.05. The Morgan fingerprint density at radius 2 is 2.54 bits per heavy atom. The second-order valence-electron chi connectivity index (χ2n) is 3.07. The molecule has 0 amide bonds. The van der Waals surface area contributed by atoms with Gasteiger partial charge in [0.2, 0.25) is 0 Å². The van der Waals surface area contributed by atoms with Gasteiger partial charge in [0.15, 0.2) is 5.62 Å². The first kappa shape index (κ1) is 8.63. The highest BCUT2D eigenvalue weighted by Gasteiger charge is 2.14. The Labute approximate surface area is 82.4 Å². The summed E-state index contributed by atoms with van der Waals surface area (Å²) in [5.74, 6) is 1.08. The van der Waals surface area contributed by atoms with Crippen molar-refractivity contribution in [2.24, 2.45) is 4.99 Å². The van der Waals surface area contributed by atoms with Crippen LogP contribution >= 0.6 is 11.6 Å². The van der Waals surface area contributed by atoms with Crippen molar-refractivity contribution >= 4 is 23.6 Å². The van der Waals surface area contributed by atoms with E-state index in [1.165, 1.54) is 0 Å². The zero-order chi connectivity index (χ0) is 9.26. The summed E-state index contributed by atoms with van der Waals surface area (Å²) >= 11 is 5.85. The molecule has 1 unspecified atom stereocenters. The first-order valence-electron chi connectivity index (χ1n) is 4.44. The van der Waals surface area contributed by atoms with Gasteiger partial charge in [-0.3, -0.25) is 4.99 Å². The zero-order valence-electron chi connectivity index (χ0n) is 7.50. The van der Waals surface area contributed by atoms with Gasteiger partial charge >= 0.3 is 0 Å². The van der Waals surface area contributed by atoms with Crippen molar-refractivity contribution in [3.05, 3.63) is 17.8 Å². The third-order valence-electron chi connectivity index (χ3n) is 2.06. The summed E-state index contributed by atoms with van der Waals surface area (Å²) in [5.41, 5.74) is 0.795. The van der Waals surface area contributed by atoms with E-state index in [0.717, 1.165) is 24.3 Å². The van der Waals surface area contributed by atoms with Crippen LogP contribution in [0.3, 0.4) is 0 Å². The van der Waals surface area contributed by atoms with Crippen LogP contribution in [0.4, 0.5) is 5.82 Å². The average Bonchev–Trinajstić information content (AvgIpc) is 2.49. The average molecular weight is 198 g/mol. The molecule has 0 radical (unpaired) electrons. The third kappa shape index (κ3) is 1.56. The van der Waals surface area contributed by atoms with Gasteiger partial charge in [-0.2, -0.15) is 0 Å². The predicted octanol–water partition coefficient (Wildman–Crippen LogP) is 2.26. The second-order valence-corrected chi connectivity index (χ2v) is 3.48. The van der Waals surface area contributed by atoms with Crippen molar-refractivity contribution in [3.63, 3.8) is 0 Å². The smallest absolute Gasteiger partial charge is 0.196 e. The molecule has 1 atom stereocenters. The molecule has 1 aromatic heterocycles. The molecule has 1 aliphatic rings. The van der Waals surface area contributed by atoms with Crippen LogP contribution in [0.15, 0.2) is 17.3 Å². The summed E-state index contributed by atoms with van der Waals surface area (Å²) in [5, 5.41) is 3.12. The van der Waals surface area contributed by atoms with Crippen molar-refractivity contribution in [1.29, 1.82) is 0 Å². The number of nitrogens with one attached hydrogen (secondary N) is 1. The Hall–Kier alpha value is -0.960. The first-order valence-corrected chi connectivity index (χ1v) is 4.88. The number of nitrogens with zero attached hydrogens (tertiary/aromatic N) is 2. The van der Waals surface area contributed by atoms with Crippen LogP contribution in [0.25, 0.3) is 0 Å². The Balaban J connectivity index is 2.32. The van der Waals surface area contributed by atoms with Gasteiger partial charge in [-0.25, -0.2) is 0 Å². The van der Waals surface area contributed by atoms with E-state index >= 15 is 0 Å². The maximum Gasteiger partial charge on any atom is 0.196 e. The molecule has 0 bridgehead atoms. The van der Waals surface area contributed by atoms with Gasteiger partial charge in [0.25, 0.3) is 0 Å². The van der Waals surface area contributed by atoms with E-state index in [1.54, 1.807) is 0 Å². The first-order chi connectivity index (χ1) is 6.31.